The Morgan fingerprint density at radius 1 is 1.10 bits per heavy atom. The maximum absolute atomic E-state index is 12.6. The minimum Gasteiger partial charge on any atom is -0.462 e. The largest absolute Gasteiger partial charge is 0.462 e. The average Bonchev–Trinajstić information content (AvgIpc) is 3.05. The summed E-state index contributed by atoms with van der Waals surface area (Å²) < 4.78 is 9.80. The van der Waals surface area contributed by atoms with Crippen LogP contribution >= 0.6 is 0 Å². The first-order valence-corrected chi connectivity index (χ1v) is 9.52. The summed E-state index contributed by atoms with van der Waals surface area (Å²) in [7, 11) is 0. The van der Waals surface area contributed by atoms with Gasteiger partial charge in [0.05, 0.1) is 19.6 Å². The Kier molecular flexibility index (Phi) is 6.41. The molecule has 0 aliphatic carbocycles. The van der Waals surface area contributed by atoms with Crippen molar-refractivity contribution in [1.82, 2.24) is 15.4 Å². The van der Waals surface area contributed by atoms with Crippen LogP contribution in [0.25, 0.3) is 11.4 Å². The van der Waals surface area contributed by atoms with E-state index in [4.69, 9.17) is 9.47 Å². The molecule has 1 aromatic heterocycles. The van der Waals surface area contributed by atoms with Gasteiger partial charge in [-0.2, -0.15) is 0 Å². The Morgan fingerprint density at radius 3 is 2.33 bits per heavy atom. The van der Waals surface area contributed by atoms with Crippen molar-refractivity contribution in [2.24, 2.45) is 0 Å². The monoisotopic (exact) mass is 410 g/mol. The van der Waals surface area contributed by atoms with E-state index in [1.807, 2.05) is 37.3 Å². The van der Waals surface area contributed by atoms with Crippen LogP contribution < -0.4 is 10.4 Å². The zero-order chi connectivity index (χ0) is 21.7. The van der Waals surface area contributed by atoms with Crippen molar-refractivity contribution >= 4 is 23.7 Å². The zero-order valence-electron chi connectivity index (χ0n) is 17.0. The van der Waals surface area contributed by atoms with Gasteiger partial charge in [-0.05, 0) is 20.8 Å². The van der Waals surface area contributed by atoms with Crippen LogP contribution in [0.3, 0.4) is 0 Å². The molecule has 0 bridgehead atoms. The van der Waals surface area contributed by atoms with Crippen molar-refractivity contribution < 1.29 is 23.9 Å². The lowest BCUT2D eigenvalue weighted by molar-refractivity contribution is -0.146. The summed E-state index contributed by atoms with van der Waals surface area (Å²) in [5, 5.41) is 1.19. The second-order valence-electron chi connectivity index (χ2n) is 6.33. The van der Waals surface area contributed by atoms with Crippen LogP contribution in [0.2, 0.25) is 0 Å². The number of fused-ring (bicyclic) bond motifs is 1. The Balaban J connectivity index is 1.95. The normalized spacial score (nSPS) is 12.2. The van der Waals surface area contributed by atoms with Gasteiger partial charge >= 0.3 is 11.9 Å². The lowest BCUT2D eigenvalue weighted by Crippen LogP contribution is -2.38. The summed E-state index contributed by atoms with van der Waals surface area (Å²) in [5.41, 5.74) is 4.50. The average molecular weight is 410 g/mol. The second-order valence-corrected chi connectivity index (χ2v) is 6.33. The third kappa shape index (κ3) is 4.29. The highest BCUT2D eigenvalue weighted by Crippen LogP contribution is 2.30. The van der Waals surface area contributed by atoms with Crippen LogP contribution in [0.4, 0.5) is 5.82 Å². The molecule has 2 heterocycles. The van der Waals surface area contributed by atoms with E-state index in [9.17, 15) is 14.4 Å². The van der Waals surface area contributed by atoms with E-state index in [-0.39, 0.29) is 31.1 Å². The van der Waals surface area contributed by atoms with Crippen LogP contribution in [-0.2, 0) is 30.3 Å². The number of benzene rings is 1. The molecule has 0 atom stereocenters. The number of amides is 1. The number of rotatable bonds is 7. The van der Waals surface area contributed by atoms with Gasteiger partial charge in [-0.15, -0.1) is 0 Å². The first-order chi connectivity index (χ1) is 14.5. The molecular weight excluding hydrogens is 388 g/mol. The Labute approximate surface area is 173 Å². The van der Waals surface area contributed by atoms with Crippen molar-refractivity contribution in [3.8, 4) is 11.4 Å². The summed E-state index contributed by atoms with van der Waals surface area (Å²) in [6, 6.07) is 9.37. The molecule has 0 unspecified atom stereocenters. The smallest absolute Gasteiger partial charge is 0.347 e. The molecule has 1 N–H and O–H groups in total. The van der Waals surface area contributed by atoms with Crippen molar-refractivity contribution in [2.45, 2.75) is 27.2 Å². The molecule has 1 aromatic carbocycles. The fraction of sp³-hybridized carbons (Fsp3) is 0.286. The minimum atomic E-state index is -0.848. The van der Waals surface area contributed by atoms with E-state index in [0.29, 0.717) is 22.9 Å². The molecule has 0 saturated carbocycles. The molecule has 30 heavy (non-hydrogen) atoms. The fourth-order valence-electron chi connectivity index (χ4n) is 2.92. The van der Waals surface area contributed by atoms with Gasteiger partial charge in [0, 0.05) is 23.0 Å². The molecule has 3 rings (SSSR count). The van der Waals surface area contributed by atoms with Crippen molar-refractivity contribution in [1.29, 1.82) is 0 Å². The van der Waals surface area contributed by atoms with Crippen LogP contribution in [0.1, 0.15) is 25.1 Å². The van der Waals surface area contributed by atoms with Gasteiger partial charge in [0.2, 0.25) is 0 Å². The number of aryl methyl sites for hydroxylation is 1. The zero-order valence-corrected chi connectivity index (χ0v) is 17.0. The van der Waals surface area contributed by atoms with E-state index in [1.165, 1.54) is 5.01 Å². The van der Waals surface area contributed by atoms with Gasteiger partial charge in [0.25, 0.3) is 5.91 Å². The summed E-state index contributed by atoms with van der Waals surface area (Å²) in [6.07, 6.45) is 1.20. The van der Waals surface area contributed by atoms with Gasteiger partial charge in [0.1, 0.15) is 0 Å². The maximum Gasteiger partial charge on any atom is 0.347 e. The molecule has 9 heteroatoms. The molecule has 2 aromatic rings. The van der Waals surface area contributed by atoms with Crippen LogP contribution in [0.15, 0.2) is 42.1 Å². The van der Waals surface area contributed by atoms with Gasteiger partial charge in [-0.1, -0.05) is 30.3 Å². The molecule has 1 aliphatic heterocycles. The number of ether oxygens (including phenoxy) is 2. The van der Waals surface area contributed by atoms with E-state index >= 15 is 0 Å². The highest BCUT2D eigenvalue weighted by atomic mass is 16.6. The van der Waals surface area contributed by atoms with E-state index in [2.05, 4.69) is 15.4 Å². The molecule has 1 aliphatic rings. The van der Waals surface area contributed by atoms with E-state index in [1.54, 1.807) is 13.8 Å². The predicted molar refractivity (Wildman–Crippen MR) is 108 cm³/mol. The highest BCUT2D eigenvalue weighted by Gasteiger charge is 2.32. The lowest BCUT2D eigenvalue weighted by Gasteiger charge is -2.17. The molecular formula is C21H22N4O5. The number of carbonyl (C=O) groups is 3. The predicted octanol–water partition coefficient (Wildman–Crippen LogP) is 1.86. The Morgan fingerprint density at radius 2 is 1.73 bits per heavy atom. The standard InChI is InChI=1S/C21H22N4O5/c1-4-29-20(27)16(21(28)30-5-2)12-22-25-17(26)11-15-13(3)23-18(24-19(15)25)14-9-7-6-8-10-14/h6-10,12,22H,4-5,11H2,1-3H3. The van der Waals surface area contributed by atoms with Crippen molar-refractivity contribution in [3.05, 3.63) is 53.4 Å². The summed E-state index contributed by atoms with van der Waals surface area (Å²) >= 11 is 0. The third-order valence-electron chi connectivity index (χ3n) is 4.34. The summed E-state index contributed by atoms with van der Waals surface area (Å²) in [4.78, 5) is 45.8. The summed E-state index contributed by atoms with van der Waals surface area (Å²) in [6.45, 7) is 5.24. The van der Waals surface area contributed by atoms with Crippen molar-refractivity contribution in [3.63, 3.8) is 0 Å². The number of hydrogen-bond acceptors (Lipinski definition) is 8. The maximum atomic E-state index is 12.6. The Hall–Kier alpha value is -3.75. The number of hydrazine groups is 1. The molecule has 9 nitrogen and oxygen atoms in total. The molecule has 0 saturated heterocycles. The lowest BCUT2D eigenvalue weighted by atomic mass is 10.1. The number of aromatic nitrogens is 2. The number of anilines is 1. The minimum absolute atomic E-state index is 0.0912. The topological polar surface area (TPSA) is 111 Å². The highest BCUT2D eigenvalue weighted by molar-refractivity contribution is 6.14. The van der Waals surface area contributed by atoms with Crippen LogP contribution in [0.5, 0.6) is 0 Å². The van der Waals surface area contributed by atoms with E-state index in [0.717, 1.165) is 11.8 Å². The number of nitrogens with one attached hydrogen (secondary N) is 1. The number of hydrogen-bond donors (Lipinski definition) is 1. The molecule has 1 amide bonds. The Bertz CT molecular complexity index is 984. The quantitative estimate of drug-likeness (QED) is 0.319. The van der Waals surface area contributed by atoms with Gasteiger partial charge in [0.15, 0.2) is 17.2 Å². The molecule has 156 valence electrons. The summed E-state index contributed by atoms with van der Waals surface area (Å²) in [5.74, 6) is -1.16. The van der Waals surface area contributed by atoms with Crippen LogP contribution in [-0.4, -0.2) is 41.0 Å². The number of esters is 2. The number of nitrogens with zero attached hydrogens (tertiary/aromatic N) is 3. The van der Waals surface area contributed by atoms with Gasteiger partial charge in [-0.25, -0.2) is 24.6 Å². The third-order valence-corrected chi connectivity index (χ3v) is 4.34. The first-order valence-electron chi connectivity index (χ1n) is 9.52. The van der Waals surface area contributed by atoms with E-state index < -0.39 is 11.9 Å². The second kappa shape index (κ2) is 9.17. The fourth-order valence-corrected chi connectivity index (χ4v) is 2.92. The van der Waals surface area contributed by atoms with Crippen molar-refractivity contribution in [2.75, 3.05) is 18.2 Å². The molecule has 0 radical (unpaired) electrons. The first kappa shape index (κ1) is 21.0. The molecule has 0 fully saturated rings. The number of carbonyl (C=O) groups excluding carboxylic acids is 3. The van der Waals surface area contributed by atoms with Crippen LogP contribution in [0, 0.1) is 6.92 Å². The van der Waals surface area contributed by atoms with Gasteiger partial charge < -0.3 is 9.47 Å². The van der Waals surface area contributed by atoms with Gasteiger partial charge in [-0.3, -0.25) is 10.2 Å². The molecule has 0 spiro atoms. The SMILES string of the molecule is CCOC(=O)C(=CNN1C(=O)Cc2c(C)nc(-c3ccccc3)nc21)C(=O)OCC.